The molecular weight excluding hydrogens is 174 g/mol. The SMILES string of the molecule is C=CC1(OC(=O)CS)CCNC1. The number of thiol groups is 1. The molecule has 4 heteroatoms. The third kappa shape index (κ3) is 2.01. The van der Waals surface area contributed by atoms with Crippen LogP contribution >= 0.6 is 12.6 Å². The normalized spacial score (nSPS) is 28.4. The summed E-state index contributed by atoms with van der Waals surface area (Å²) in [5.41, 5.74) is -0.486. The van der Waals surface area contributed by atoms with Crippen molar-refractivity contribution in [2.75, 3.05) is 18.8 Å². The molecule has 0 spiro atoms. The molecule has 68 valence electrons. The van der Waals surface area contributed by atoms with Gasteiger partial charge >= 0.3 is 5.97 Å². The maximum Gasteiger partial charge on any atom is 0.316 e. The number of ether oxygens (including phenoxy) is 1. The molecular formula is C8H13NO2S. The van der Waals surface area contributed by atoms with Crippen LogP contribution in [0.15, 0.2) is 12.7 Å². The molecule has 0 radical (unpaired) electrons. The van der Waals surface area contributed by atoms with Gasteiger partial charge in [0.1, 0.15) is 5.60 Å². The second-order valence-electron chi connectivity index (χ2n) is 2.83. The van der Waals surface area contributed by atoms with Gasteiger partial charge < -0.3 is 10.1 Å². The molecule has 12 heavy (non-hydrogen) atoms. The zero-order valence-corrected chi connectivity index (χ0v) is 7.77. The van der Waals surface area contributed by atoms with Gasteiger partial charge in [-0.15, -0.1) is 0 Å². The van der Waals surface area contributed by atoms with Crippen LogP contribution in [0.1, 0.15) is 6.42 Å². The van der Waals surface area contributed by atoms with Crippen LogP contribution in [-0.4, -0.2) is 30.4 Å². The minimum absolute atomic E-state index is 0.121. The summed E-state index contributed by atoms with van der Waals surface area (Å²) in [7, 11) is 0. The Morgan fingerprint density at radius 1 is 1.83 bits per heavy atom. The van der Waals surface area contributed by atoms with E-state index in [0.717, 1.165) is 13.0 Å². The Morgan fingerprint density at radius 2 is 2.58 bits per heavy atom. The van der Waals surface area contributed by atoms with E-state index in [-0.39, 0.29) is 11.7 Å². The molecule has 1 heterocycles. The van der Waals surface area contributed by atoms with E-state index >= 15 is 0 Å². The first-order valence-corrected chi connectivity index (χ1v) is 4.53. The number of carbonyl (C=O) groups is 1. The minimum Gasteiger partial charge on any atom is -0.453 e. The highest BCUT2D eigenvalue weighted by molar-refractivity contribution is 7.81. The van der Waals surface area contributed by atoms with E-state index in [0.29, 0.717) is 6.54 Å². The molecule has 1 unspecified atom stereocenters. The highest BCUT2D eigenvalue weighted by atomic mass is 32.1. The zero-order valence-electron chi connectivity index (χ0n) is 6.88. The zero-order chi connectivity index (χ0) is 9.03. The highest BCUT2D eigenvalue weighted by Crippen LogP contribution is 2.21. The standard InChI is InChI=1S/C8H13NO2S/c1-2-8(3-4-9-6-8)11-7(10)5-12/h2,9,12H,1,3-6H2. The summed E-state index contributed by atoms with van der Waals surface area (Å²) in [6.07, 6.45) is 2.49. The van der Waals surface area contributed by atoms with Crippen LogP contribution in [0, 0.1) is 0 Å². The first kappa shape index (κ1) is 9.61. The molecule has 1 rings (SSSR count). The van der Waals surface area contributed by atoms with Crippen molar-refractivity contribution in [3.05, 3.63) is 12.7 Å². The predicted octanol–water partition coefficient (Wildman–Crippen LogP) is 0.378. The van der Waals surface area contributed by atoms with Crippen molar-refractivity contribution >= 4 is 18.6 Å². The van der Waals surface area contributed by atoms with Gasteiger partial charge in [-0.1, -0.05) is 6.58 Å². The fraction of sp³-hybridized carbons (Fsp3) is 0.625. The molecule has 0 bridgehead atoms. The van der Waals surface area contributed by atoms with Crippen molar-refractivity contribution in [2.24, 2.45) is 0 Å². The maximum atomic E-state index is 11.0. The lowest BCUT2D eigenvalue weighted by Crippen LogP contribution is -2.35. The molecule has 0 aromatic carbocycles. The van der Waals surface area contributed by atoms with Gasteiger partial charge in [-0.2, -0.15) is 12.6 Å². The summed E-state index contributed by atoms with van der Waals surface area (Å²) < 4.78 is 5.20. The van der Waals surface area contributed by atoms with Gasteiger partial charge in [0.05, 0.1) is 5.75 Å². The first-order valence-electron chi connectivity index (χ1n) is 3.89. The van der Waals surface area contributed by atoms with E-state index in [4.69, 9.17) is 4.74 Å². The van der Waals surface area contributed by atoms with E-state index < -0.39 is 5.60 Å². The largest absolute Gasteiger partial charge is 0.453 e. The topological polar surface area (TPSA) is 38.3 Å². The summed E-state index contributed by atoms with van der Waals surface area (Å²) in [6, 6.07) is 0. The minimum atomic E-state index is -0.486. The number of carbonyl (C=O) groups excluding carboxylic acids is 1. The van der Waals surface area contributed by atoms with Crippen LogP contribution in [0.2, 0.25) is 0 Å². The van der Waals surface area contributed by atoms with Crippen LogP contribution in [0.3, 0.4) is 0 Å². The van der Waals surface area contributed by atoms with Gasteiger partial charge in [-0.05, 0) is 12.6 Å². The van der Waals surface area contributed by atoms with Crippen LogP contribution < -0.4 is 5.32 Å². The van der Waals surface area contributed by atoms with Gasteiger partial charge in [-0.25, -0.2) is 0 Å². The van der Waals surface area contributed by atoms with Gasteiger partial charge in [0.25, 0.3) is 0 Å². The van der Waals surface area contributed by atoms with Crippen molar-refractivity contribution in [1.82, 2.24) is 5.32 Å². The smallest absolute Gasteiger partial charge is 0.316 e. The van der Waals surface area contributed by atoms with Gasteiger partial charge in [-0.3, -0.25) is 4.79 Å². The van der Waals surface area contributed by atoms with Crippen molar-refractivity contribution in [3.63, 3.8) is 0 Å². The highest BCUT2D eigenvalue weighted by Gasteiger charge is 2.34. The molecule has 1 N–H and O–H groups in total. The number of hydrogen-bond acceptors (Lipinski definition) is 4. The monoisotopic (exact) mass is 187 g/mol. The first-order chi connectivity index (χ1) is 5.72. The third-order valence-corrected chi connectivity index (χ3v) is 2.23. The van der Waals surface area contributed by atoms with Gasteiger partial charge in [0.2, 0.25) is 0 Å². The number of hydrogen-bond donors (Lipinski definition) is 2. The van der Waals surface area contributed by atoms with Crippen molar-refractivity contribution in [2.45, 2.75) is 12.0 Å². The van der Waals surface area contributed by atoms with E-state index in [1.54, 1.807) is 6.08 Å². The van der Waals surface area contributed by atoms with E-state index in [1.165, 1.54) is 0 Å². The molecule has 3 nitrogen and oxygen atoms in total. The average molecular weight is 187 g/mol. The second-order valence-corrected chi connectivity index (χ2v) is 3.14. The summed E-state index contributed by atoms with van der Waals surface area (Å²) in [5, 5.41) is 3.12. The van der Waals surface area contributed by atoms with E-state index in [9.17, 15) is 4.79 Å². The Morgan fingerprint density at radius 3 is 3.00 bits per heavy atom. The summed E-state index contributed by atoms with van der Waals surface area (Å²) in [6.45, 7) is 5.19. The Labute approximate surface area is 77.6 Å². The molecule has 1 atom stereocenters. The molecule has 0 saturated carbocycles. The lowest BCUT2D eigenvalue weighted by Gasteiger charge is -2.23. The summed E-state index contributed by atoms with van der Waals surface area (Å²) in [5.74, 6) is -0.169. The molecule has 0 aromatic rings. The lowest BCUT2D eigenvalue weighted by atomic mass is 10.0. The van der Waals surface area contributed by atoms with E-state index in [1.807, 2.05) is 0 Å². The molecule has 0 aromatic heterocycles. The molecule has 1 aliphatic heterocycles. The van der Waals surface area contributed by atoms with Gasteiger partial charge in [0, 0.05) is 13.0 Å². The lowest BCUT2D eigenvalue weighted by molar-refractivity contribution is -0.150. The summed E-state index contributed by atoms with van der Waals surface area (Å²) >= 11 is 3.84. The maximum absolute atomic E-state index is 11.0. The molecule has 0 amide bonds. The summed E-state index contributed by atoms with van der Waals surface area (Å²) in [4.78, 5) is 11.0. The third-order valence-electron chi connectivity index (χ3n) is 1.97. The quantitative estimate of drug-likeness (QED) is 0.381. The van der Waals surface area contributed by atoms with Crippen molar-refractivity contribution in [3.8, 4) is 0 Å². The number of rotatable bonds is 3. The number of esters is 1. The Kier molecular flexibility index (Phi) is 3.17. The fourth-order valence-electron chi connectivity index (χ4n) is 1.25. The Balaban J connectivity index is 2.55. The van der Waals surface area contributed by atoms with Crippen molar-refractivity contribution < 1.29 is 9.53 Å². The fourth-order valence-corrected chi connectivity index (χ4v) is 1.31. The second kappa shape index (κ2) is 3.96. The predicted molar refractivity (Wildman–Crippen MR) is 50.4 cm³/mol. The molecule has 0 aliphatic carbocycles. The van der Waals surface area contributed by atoms with E-state index in [2.05, 4.69) is 24.5 Å². The van der Waals surface area contributed by atoms with Gasteiger partial charge in [0.15, 0.2) is 0 Å². The Bertz CT molecular complexity index is 187. The molecule has 1 aliphatic rings. The van der Waals surface area contributed by atoms with Crippen LogP contribution in [0.25, 0.3) is 0 Å². The average Bonchev–Trinajstić information content (AvgIpc) is 2.54. The van der Waals surface area contributed by atoms with Crippen LogP contribution in [0.4, 0.5) is 0 Å². The molecule has 1 saturated heterocycles. The number of nitrogens with one attached hydrogen (secondary N) is 1. The van der Waals surface area contributed by atoms with Crippen LogP contribution in [-0.2, 0) is 9.53 Å². The van der Waals surface area contributed by atoms with Crippen molar-refractivity contribution in [1.29, 1.82) is 0 Å². The Hall–Kier alpha value is -0.480. The molecule has 1 fully saturated rings. The van der Waals surface area contributed by atoms with Crippen LogP contribution in [0.5, 0.6) is 0 Å².